The molecule has 0 aliphatic heterocycles. The number of halogens is 3. The SMILES string of the molecule is Nc1c(Br)cc(Br)c2c1C(=O)c1cccc(Cl)c1C2=O. The fourth-order valence-corrected chi connectivity index (χ4v) is 3.90. The molecular formula is C14H6Br2ClNO2. The Morgan fingerprint density at radius 2 is 1.65 bits per heavy atom. The van der Waals surface area contributed by atoms with Crippen LogP contribution in [-0.2, 0) is 0 Å². The standard InChI is InChI=1S/C14H6Br2ClNO2/c15-6-4-7(16)12(18)11-10(6)14(20)9-5(13(11)19)2-1-3-8(9)17/h1-4H,18H2. The molecule has 1 aliphatic rings. The second-order valence-corrected chi connectivity index (χ2v) is 6.44. The molecule has 100 valence electrons. The molecule has 3 nitrogen and oxygen atoms in total. The summed E-state index contributed by atoms with van der Waals surface area (Å²) in [6.45, 7) is 0. The fraction of sp³-hybridized carbons (Fsp3) is 0. The Balaban J connectivity index is 2.44. The minimum atomic E-state index is -0.300. The summed E-state index contributed by atoms with van der Waals surface area (Å²) in [6.07, 6.45) is 0. The first-order valence-corrected chi connectivity index (χ1v) is 7.55. The Morgan fingerprint density at radius 1 is 0.950 bits per heavy atom. The Morgan fingerprint density at radius 3 is 2.35 bits per heavy atom. The van der Waals surface area contributed by atoms with E-state index in [2.05, 4.69) is 31.9 Å². The molecule has 1 aliphatic carbocycles. The summed E-state index contributed by atoms with van der Waals surface area (Å²) in [4.78, 5) is 25.2. The predicted octanol–water partition coefficient (Wildman–Crippen LogP) is 4.22. The second kappa shape index (κ2) is 4.69. The van der Waals surface area contributed by atoms with E-state index in [1.54, 1.807) is 24.3 Å². The minimum absolute atomic E-state index is 0.214. The largest absolute Gasteiger partial charge is 0.397 e. The molecule has 0 atom stereocenters. The molecule has 2 aromatic carbocycles. The molecule has 2 N–H and O–H groups in total. The number of nitrogen functional groups attached to an aromatic ring is 1. The number of rotatable bonds is 0. The van der Waals surface area contributed by atoms with Crippen LogP contribution in [0.3, 0.4) is 0 Å². The third kappa shape index (κ3) is 1.77. The van der Waals surface area contributed by atoms with Gasteiger partial charge >= 0.3 is 0 Å². The molecule has 6 heteroatoms. The van der Waals surface area contributed by atoms with Gasteiger partial charge in [-0.2, -0.15) is 0 Å². The van der Waals surface area contributed by atoms with Crippen LogP contribution in [0.4, 0.5) is 5.69 Å². The summed E-state index contributed by atoms with van der Waals surface area (Å²) in [7, 11) is 0. The maximum Gasteiger partial charge on any atom is 0.197 e. The first-order valence-electron chi connectivity index (χ1n) is 5.59. The topological polar surface area (TPSA) is 60.2 Å². The van der Waals surface area contributed by atoms with E-state index in [1.165, 1.54) is 0 Å². The average molecular weight is 415 g/mol. The zero-order chi connectivity index (χ0) is 14.6. The quantitative estimate of drug-likeness (QED) is 0.559. The number of benzene rings is 2. The van der Waals surface area contributed by atoms with Gasteiger partial charge in [-0.1, -0.05) is 23.7 Å². The molecule has 0 spiro atoms. The number of anilines is 1. The number of ketones is 2. The summed E-state index contributed by atoms with van der Waals surface area (Å²) < 4.78 is 1.08. The van der Waals surface area contributed by atoms with E-state index in [-0.39, 0.29) is 44.5 Å². The van der Waals surface area contributed by atoms with Crippen molar-refractivity contribution in [3.8, 4) is 0 Å². The van der Waals surface area contributed by atoms with Crippen molar-refractivity contribution in [2.45, 2.75) is 0 Å². The molecule has 0 heterocycles. The van der Waals surface area contributed by atoms with Crippen LogP contribution >= 0.6 is 43.5 Å². The number of hydrogen-bond donors (Lipinski definition) is 1. The van der Waals surface area contributed by atoms with Crippen LogP contribution < -0.4 is 5.73 Å². The monoisotopic (exact) mass is 413 g/mol. The first kappa shape index (κ1) is 13.8. The van der Waals surface area contributed by atoms with Gasteiger partial charge in [0.25, 0.3) is 0 Å². The fourth-order valence-electron chi connectivity index (χ4n) is 2.30. The van der Waals surface area contributed by atoms with Crippen LogP contribution in [0.15, 0.2) is 33.2 Å². The van der Waals surface area contributed by atoms with Crippen LogP contribution in [0.2, 0.25) is 5.02 Å². The highest BCUT2D eigenvalue weighted by molar-refractivity contribution is 9.11. The number of fused-ring (bicyclic) bond motifs is 2. The molecule has 0 unspecified atom stereocenters. The molecule has 0 amide bonds. The molecule has 0 radical (unpaired) electrons. The summed E-state index contributed by atoms with van der Waals surface area (Å²) in [5.41, 5.74) is 7.19. The van der Waals surface area contributed by atoms with Crippen LogP contribution in [-0.4, -0.2) is 11.6 Å². The van der Waals surface area contributed by atoms with Crippen molar-refractivity contribution in [1.29, 1.82) is 0 Å². The van der Waals surface area contributed by atoms with Gasteiger partial charge in [0.2, 0.25) is 0 Å². The van der Waals surface area contributed by atoms with E-state index >= 15 is 0 Å². The lowest BCUT2D eigenvalue weighted by atomic mass is 9.83. The van der Waals surface area contributed by atoms with Gasteiger partial charge in [-0.15, -0.1) is 0 Å². The molecular weight excluding hydrogens is 409 g/mol. The van der Waals surface area contributed by atoms with Crippen molar-refractivity contribution in [2.75, 3.05) is 5.73 Å². The zero-order valence-electron chi connectivity index (χ0n) is 9.84. The van der Waals surface area contributed by atoms with Crippen LogP contribution in [0.5, 0.6) is 0 Å². The Kier molecular flexibility index (Phi) is 3.23. The van der Waals surface area contributed by atoms with E-state index in [4.69, 9.17) is 17.3 Å². The van der Waals surface area contributed by atoms with Gasteiger partial charge in [0.05, 0.1) is 27.4 Å². The molecule has 0 saturated carbocycles. The number of hydrogen-bond acceptors (Lipinski definition) is 3. The van der Waals surface area contributed by atoms with Gasteiger partial charge < -0.3 is 5.73 Å². The van der Waals surface area contributed by atoms with Crippen molar-refractivity contribution >= 4 is 60.7 Å². The highest BCUT2D eigenvalue weighted by Gasteiger charge is 2.35. The van der Waals surface area contributed by atoms with Crippen molar-refractivity contribution in [2.24, 2.45) is 0 Å². The van der Waals surface area contributed by atoms with Crippen LogP contribution in [0.1, 0.15) is 31.8 Å². The Labute approximate surface area is 136 Å². The summed E-state index contributed by atoms with van der Waals surface area (Å²) >= 11 is 12.7. The smallest absolute Gasteiger partial charge is 0.197 e. The van der Waals surface area contributed by atoms with E-state index in [9.17, 15) is 9.59 Å². The van der Waals surface area contributed by atoms with Gasteiger partial charge in [0, 0.05) is 14.5 Å². The van der Waals surface area contributed by atoms with Gasteiger partial charge in [0.15, 0.2) is 11.6 Å². The van der Waals surface area contributed by atoms with E-state index < -0.39 is 0 Å². The lowest BCUT2D eigenvalue weighted by molar-refractivity contribution is 0.0979. The molecule has 20 heavy (non-hydrogen) atoms. The minimum Gasteiger partial charge on any atom is -0.397 e. The third-order valence-corrected chi connectivity index (χ3v) is 4.80. The van der Waals surface area contributed by atoms with Crippen molar-refractivity contribution < 1.29 is 9.59 Å². The zero-order valence-corrected chi connectivity index (χ0v) is 13.8. The lowest BCUT2D eigenvalue weighted by Crippen LogP contribution is -2.23. The van der Waals surface area contributed by atoms with Gasteiger partial charge in [-0.3, -0.25) is 9.59 Å². The molecule has 2 aromatic rings. The molecule has 3 rings (SSSR count). The van der Waals surface area contributed by atoms with Crippen LogP contribution in [0, 0.1) is 0 Å². The Bertz CT molecular complexity index is 802. The van der Waals surface area contributed by atoms with Crippen molar-refractivity contribution in [3.63, 3.8) is 0 Å². The van der Waals surface area contributed by atoms with E-state index in [0.717, 1.165) is 0 Å². The number of carbonyl (C=O) groups excluding carboxylic acids is 2. The molecule has 0 saturated heterocycles. The number of carbonyl (C=O) groups is 2. The summed E-state index contributed by atoms with van der Waals surface area (Å²) in [5, 5.41) is 0.264. The van der Waals surface area contributed by atoms with Gasteiger partial charge in [-0.05, 0) is 44.0 Å². The summed E-state index contributed by atoms with van der Waals surface area (Å²) in [6, 6.07) is 6.47. The molecule has 0 bridgehead atoms. The predicted molar refractivity (Wildman–Crippen MR) is 84.6 cm³/mol. The second-order valence-electron chi connectivity index (χ2n) is 4.32. The first-order chi connectivity index (χ1) is 9.43. The highest BCUT2D eigenvalue weighted by atomic mass is 79.9. The maximum absolute atomic E-state index is 12.6. The summed E-state index contributed by atoms with van der Waals surface area (Å²) in [5.74, 6) is -0.595. The van der Waals surface area contributed by atoms with Gasteiger partial charge in [-0.25, -0.2) is 0 Å². The third-order valence-electron chi connectivity index (χ3n) is 3.21. The van der Waals surface area contributed by atoms with Crippen LogP contribution in [0.25, 0.3) is 0 Å². The maximum atomic E-state index is 12.6. The molecule has 0 fully saturated rings. The molecule has 0 aromatic heterocycles. The van der Waals surface area contributed by atoms with E-state index in [0.29, 0.717) is 8.95 Å². The van der Waals surface area contributed by atoms with Crippen molar-refractivity contribution in [1.82, 2.24) is 0 Å². The Hall–Kier alpha value is -1.17. The lowest BCUT2D eigenvalue weighted by Gasteiger charge is -2.21. The van der Waals surface area contributed by atoms with Gasteiger partial charge in [0.1, 0.15) is 0 Å². The normalized spacial score (nSPS) is 13.2. The van der Waals surface area contributed by atoms with E-state index in [1.807, 2.05) is 0 Å². The number of nitrogens with two attached hydrogens (primary N) is 1. The van der Waals surface area contributed by atoms with Crippen molar-refractivity contribution in [3.05, 3.63) is 60.5 Å². The average Bonchev–Trinajstić information content (AvgIpc) is 2.40. The highest BCUT2D eigenvalue weighted by Crippen LogP contribution is 2.40.